The fourth-order valence-corrected chi connectivity index (χ4v) is 10.6. The van der Waals surface area contributed by atoms with Gasteiger partial charge in [0.15, 0.2) is 5.78 Å². The number of hydrogen-bond acceptors (Lipinski definition) is 15. The zero-order valence-corrected chi connectivity index (χ0v) is 41.0. The highest BCUT2D eigenvalue weighted by Crippen LogP contribution is 2.37. The van der Waals surface area contributed by atoms with Crippen molar-refractivity contribution in [1.29, 1.82) is 0 Å². The molecule has 18 heteroatoms. The lowest BCUT2D eigenvalue weighted by Crippen LogP contribution is -2.61. The first-order valence-electron chi connectivity index (χ1n) is 24.0. The van der Waals surface area contributed by atoms with E-state index in [1.165, 1.54) is 7.11 Å². The van der Waals surface area contributed by atoms with E-state index >= 15 is 0 Å². The summed E-state index contributed by atoms with van der Waals surface area (Å²) in [4.78, 5) is 71.0. The molecule has 2 bridgehead atoms. The minimum Gasteiger partial charge on any atom is -0.460 e. The molecule has 5 N–H and O–H groups in total. The average molecular weight is 965 g/mol. The number of rotatable bonds is 9. The van der Waals surface area contributed by atoms with Gasteiger partial charge >= 0.3 is 5.97 Å². The van der Waals surface area contributed by atoms with Gasteiger partial charge in [-0.15, -0.1) is 0 Å². The molecular formula is C49H76N2O15S. The molecule has 3 fully saturated rings. The van der Waals surface area contributed by atoms with Crippen LogP contribution in [0.15, 0.2) is 47.6 Å². The van der Waals surface area contributed by atoms with Gasteiger partial charge in [-0.1, -0.05) is 55.9 Å². The van der Waals surface area contributed by atoms with Gasteiger partial charge < -0.3 is 44.3 Å². The van der Waals surface area contributed by atoms with E-state index in [4.69, 9.17) is 18.9 Å². The highest BCUT2D eigenvalue weighted by Gasteiger charge is 2.53. The number of esters is 1. The number of fused-ring (bicyclic) bond motifs is 3. The molecule has 3 aliphatic heterocycles. The highest BCUT2D eigenvalue weighted by molar-refractivity contribution is 7.89. The summed E-state index contributed by atoms with van der Waals surface area (Å²) in [5.41, 5.74) is 0.912. The number of carbonyl (C=O) groups is 5. The minimum absolute atomic E-state index is 0.0143. The van der Waals surface area contributed by atoms with Crippen molar-refractivity contribution in [1.82, 2.24) is 9.62 Å². The molecule has 0 aromatic heterocycles. The number of aliphatic hydroxyl groups excluding tert-OH is 3. The number of ketones is 3. The molecule has 1 saturated carbocycles. The summed E-state index contributed by atoms with van der Waals surface area (Å²) in [6, 6.07) is -2.10. The Labute approximate surface area is 396 Å². The molecule has 0 radical (unpaired) electrons. The molecule has 2 saturated heterocycles. The van der Waals surface area contributed by atoms with E-state index < -0.39 is 100 Å². The second-order valence-electron chi connectivity index (χ2n) is 18.9. The van der Waals surface area contributed by atoms with Crippen LogP contribution in [0.5, 0.6) is 0 Å². The van der Waals surface area contributed by atoms with Gasteiger partial charge in [0, 0.05) is 51.5 Å². The Bertz CT molecular complexity index is 1930. The van der Waals surface area contributed by atoms with E-state index in [0.717, 1.165) is 4.90 Å². The SMILES string of the molecule is CO[C@@H]1C[C@H](CC[C@@H]2CC(=O)[C@H](C)/C=C(\C)[C@@H](O)[C@@H](OC)C(=O)CCC/C=C/C=C/C=C(\C)C(NS(=O)(=O)CCO)C[C@@H]3CC[C@@H](C)[C@@](O)(O3)C(=O)C(=O)N3CCCC[C@H]3C(=O)O2)CC[C@H]1O. The molecule has 0 spiro atoms. The highest BCUT2D eigenvalue weighted by atomic mass is 32.2. The Morgan fingerprint density at radius 1 is 0.881 bits per heavy atom. The maximum atomic E-state index is 14.2. The standard InChI is InChI=1S/C49H76N2O15S/c1-31-15-11-9-7-8-10-12-17-41(54)45(64-6)44(56)33(3)27-32(2)42(55)30-36(22-19-35-20-23-40(53)43(28-35)63-5)65-48(59)39-16-13-14-24-51(39)47(58)46(57)49(60)34(4)18-21-37(66-49)29-38(31)50-67(61,62)26-25-52/h7-9,11,15,27,32,34-40,43-45,50,52-53,56,60H,10,12-14,16-26,28-30H2,1-6H3/b8-7+,11-9+,31-15+,33-27+/t32-,34-,35-,36-,37+,38?,39+,40-,43-,44-,45+,49-/m1/s1. The Kier molecular flexibility index (Phi) is 22.2. The second-order valence-corrected chi connectivity index (χ2v) is 20.8. The minimum atomic E-state index is -3.98. The van der Waals surface area contributed by atoms with Crippen molar-refractivity contribution in [2.45, 2.75) is 179 Å². The normalized spacial score (nSPS) is 37.1. The molecule has 3 heterocycles. The van der Waals surface area contributed by atoms with Crippen LogP contribution >= 0.6 is 0 Å². The maximum absolute atomic E-state index is 14.2. The van der Waals surface area contributed by atoms with E-state index in [9.17, 15) is 52.8 Å². The van der Waals surface area contributed by atoms with Crippen molar-refractivity contribution in [3.05, 3.63) is 47.6 Å². The monoisotopic (exact) mass is 964 g/mol. The summed E-state index contributed by atoms with van der Waals surface area (Å²) in [5, 5.41) is 43.0. The van der Waals surface area contributed by atoms with Crippen LogP contribution in [0, 0.1) is 17.8 Å². The van der Waals surface area contributed by atoms with Crippen LogP contribution < -0.4 is 4.72 Å². The molecule has 17 nitrogen and oxygen atoms in total. The molecule has 12 atom stereocenters. The fraction of sp³-hybridized carbons (Fsp3) is 0.735. The first kappa shape index (κ1) is 56.1. The summed E-state index contributed by atoms with van der Waals surface area (Å²) in [7, 11) is -1.11. The van der Waals surface area contributed by atoms with Gasteiger partial charge in [0.1, 0.15) is 30.1 Å². The van der Waals surface area contributed by atoms with Gasteiger partial charge in [0.25, 0.3) is 11.7 Å². The predicted molar refractivity (Wildman–Crippen MR) is 248 cm³/mol. The number of carbonyl (C=O) groups excluding carboxylic acids is 5. The molecule has 4 aliphatic rings. The molecule has 1 aliphatic carbocycles. The van der Waals surface area contributed by atoms with Crippen LogP contribution in [0.1, 0.15) is 124 Å². The number of piperidine rings is 1. The fourth-order valence-electron chi connectivity index (χ4n) is 9.54. The molecular weight excluding hydrogens is 889 g/mol. The molecule has 4 rings (SSSR count). The number of aliphatic hydroxyl groups is 4. The number of allylic oxidation sites excluding steroid dienone is 6. The number of cyclic esters (lactones) is 1. The zero-order valence-electron chi connectivity index (χ0n) is 40.2. The van der Waals surface area contributed by atoms with Crippen LogP contribution in [-0.4, -0.2) is 151 Å². The third-order valence-electron chi connectivity index (χ3n) is 13.9. The molecule has 1 amide bonds. The first-order valence-corrected chi connectivity index (χ1v) is 25.6. The van der Waals surface area contributed by atoms with Gasteiger partial charge in [-0.25, -0.2) is 17.9 Å². The van der Waals surface area contributed by atoms with Gasteiger partial charge in [-0.05, 0) is 109 Å². The first-order chi connectivity index (χ1) is 31.7. The Morgan fingerprint density at radius 2 is 1.63 bits per heavy atom. The summed E-state index contributed by atoms with van der Waals surface area (Å²) in [6.07, 6.45) is 10.2. The quantitative estimate of drug-likeness (QED) is 0.126. The van der Waals surface area contributed by atoms with E-state index in [0.29, 0.717) is 68.9 Å². The Hall–Kier alpha value is -3.46. The predicted octanol–water partition coefficient (Wildman–Crippen LogP) is 3.71. The van der Waals surface area contributed by atoms with Crippen LogP contribution in [0.3, 0.4) is 0 Å². The van der Waals surface area contributed by atoms with E-state index in [-0.39, 0.29) is 68.7 Å². The van der Waals surface area contributed by atoms with Crippen molar-refractivity contribution in [3.63, 3.8) is 0 Å². The summed E-state index contributed by atoms with van der Waals surface area (Å²) in [5.74, 6) is -8.48. The van der Waals surface area contributed by atoms with Crippen LogP contribution in [0.4, 0.5) is 0 Å². The average Bonchev–Trinajstić information content (AvgIpc) is 3.29. The number of hydrogen-bond donors (Lipinski definition) is 5. The van der Waals surface area contributed by atoms with Crippen molar-refractivity contribution in [2.75, 3.05) is 33.1 Å². The van der Waals surface area contributed by atoms with Crippen molar-refractivity contribution in [2.24, 2.45) is 17.8 Å². The number of nitrogens with one attached hydrogen (secondary N) is 1. The number of amides is 1. The van der Waals surface area contributed by atoms with Gasteiger partial charge in [0.2, 0.25) is 15.8 Å². The smallest absolute Gasteiger partial charge is 0.329 e. The van der Waals surface area contributed by atoms with Crippen molar-refractivity contribution >= 4 is 39.2 Å². The summed E-state index contributed by atoms with van der Waals surface area (Å²) >= 11 is 0. The maximum Gasteiger partial charge on any atom is 0.329 e. The lowest BCUT2D eigenvalue weighted by atomic mass is 9.81. The third-order valence-corrected chi connectivity index (χ3v) is 15.2. The van der Waals surface area contributed by atoms with Crippen LogP contribution in [-0.2, 0) is 52.9 Å². The third kappa shape index (κ3) is 16.0. The lowest BCUT2D eigenvalue weighted by Gasteiger charge is -2.42. The van der Waals surface area contributed by atoms with Crippen LogP contribution in [0.25, 0.3) is 0 Å². The topological polar surface area (TPSA) is 253 Å². The number of nitrogens with zero attached hydrogens (tertiary/aromatic N) is 1. The van der Waals surface area contributed by atoms with Gasteiger partial charge in [0.05, 0.1) is 30.7 Å². The molecule has 1 unspecified atom stereocenters. The largest absolute Gasteiger partial charge is 0.460 e. The van der Waals surface area contributed by atoms with E-state index in [2.05, 4.69) is 4.72 Å². The molecule has 0 aromatic carbocycles. The number of sulfonamides is 1. The van der Waals surface area contributed by atoms with E-state index in [1.807, 2.05) is 6.08 Å². The zero-order chi connectivity index (χ0) is 49.5. The lowest BCUT2D eigenvalue weighted by molar-refractivity contribution is -0.264. The van der Waals surface area contributed by atoms with Crippen molar-refractivity contribution in [3.8, 4) is 0 Å². The summed E-state index contributed by atoms with van der Waals surface area (Å²) < 4.78 is 51.6. The van der Waals surface area contributed by atoms with E-state index in [1.54, 1.807) is 65.2 Å². The number of Topliss-reactive ketones (excluding diaryl/α,β-unsaturated/α-hetero) is 3. The Morgan fingerprint density at radius 3 is 2.33 bits per heavy atom. The Balaban J connectivity index is 1.69. The van der Waals surface area contributed by atoms with Crippen molar-refractivity contribution < 1.29 is 71.8 Å². The van der Waals surface area contributed by atoms with Gasteiger partial charge in [-0.3, -0.25) is 19.2 Å². The molecule has 378 valence electrons. The molecule has 67 heavy (non-hydrogen) atoms. The number of methoxy groups -OCH3 is 2. The summed E-state index contributed by atoms with van der Waals surface area (Å²) in [6.45, 7) is 5.93. The van der Waals surface area contributed by atoms with Gasteiger partial charge in [-0.2, -0.15) is 0 Å². The van der Waals surface area contributed by atoms with Crippen LogP contribution in [0.2, 0.25) is 0 Å². The number of ether oxygens (including phenoxy) is 4. The second kappa shape index (κ2) is 26.5. The molecule has 0 aromatic rings.